The second-order valence-corrected chi connectivity index (χ2v) is 12.9. The van der Waals surface area contributed by atoms with Crippen LogP contribution in [0.25, 0.3) is 0 Å². The monoisotopic (exact) mass is 647 g/mol. The molecule has 5 rings (SSSR count). The lowest BCUT2D eigenvalue weighted by Crippen LogP contribution is -2.55. The van der Waals surface area contributed by atoms with E-state index in [9.17, 15) is 23.7 Å². The molecule has 0 radical (unpaired) electrons. The molecular formula is C23H25Cl2N5O9P2. The quantitative estimate of drug-likeness (QED) is 0.185. The topological polar surface area (TPSA) is 199 Å². The predicted molar refractivity (Wildman–Crippen MR) is 151 cm³/mol. The fourth-order valence-electron chi connectivity index (χ4n) is 4.61. The van der Waals surface area contributed by atoms with Gasteiger partial charge in [-0.05, 0) is 60.9 Å². The summed E-state index contributed by atoms with van der Waals surface area (Å²) in [6, 6.07) is 11.3. The van der Waals surface area contributed by atoms with E-state index in [0.29, 0.717) is 22.3 Å². The molecule has 220 valence electrons. The van der Waals surface area contributed by atoms with Crippen molar-refractivity contribution in [1.82, 2.24) is 9.97 Å². The number of H-pyrrole nitrogens is 1. The van der Waals surface area contributed by atoms with Gasteiger partial charge in [-0.2, -0.15) is 4.98 Å². The van der Waals surface area contributed by atoms with E-state index >= 15 is 0 Å². The molecule has 18 heteroatoms. The second-order valence-electron chi connectivity index (χ2n) is 9.30. The van der Waals surface area contributed by atoms with Gasteiger partial charge in [0.1, 0.15) is 17.2 Å². The van der Waals surface area contributed by atoms with Crippen molar-refractivity contribution in [2.75, 3.05) is 35.8 Å². The Morgan fingerprint density at radius 3 is 2.05 bits per heavy atom. The minimum absolute atomic E-state index is 0.0717. The highest BCUT2D eigenvalue weighted by atomic mass is 35.5. The summed E-state index contributed by atoms with van der Waals surface area (Å²) < 4.78 is 46.1. The lowest BCUT2D eigenvalue weighted by molar-refractivity contribution is 0.0211. The Hall–Kier alpha value is -2.80. The molecule has 2 aliphatic rings. The van der Waals surface area contributed by atoms with Crippen molar-refractivity contribution in [3.8, 4) is 11.5 Å². The number of nitrogen functional groups attached to an aromatic ring is 1. The van der Waals surface area contributed by atoms with E-state index in [-0.39, 0.29) is 49.1 Å². The van der Waals surface area contributed by atoms with Crippen molar-refractivity contribution >= 4 is 56.3 Å². The Labute approximate surface area is 243 Å². The van der Waals surface area contributed by atoms with Gasteiger partial charge < -0.3 is 25.0 Å². The van der Waals surface area contributed by atoms with E-state index in [1.165, 1.54) is 48.5 Å². The number of nitrogens with two attached hydrogens (primary N) is 1. The Morgan fingerprint density at radius 1 is 0.951 bits per heavy atom. The molecular weight excluding hydrogens is 623 g/mol. The van der Waals surface area contributed by atoms with Gasteiger partial charge in [0.25, 0.3) is 5.56 Å². The highest BCUT2D eigenvalue weighted by Gasteiger charge is 2.48. The summed E-state index contributed by atoms with van der Waals surface area (Å²) in [6.07, 6.45) is 0.401. The molecule has 3 aromatic rings. The average Bonchev–Trinajstić information content (AvgIpc) is 3.29. The number of phosphoric acid groups is 2. The fraction of sp³-hybridized carbons (Fsp3) is 0.304. The highest BCUT2D eigenvalue weighted by molar-refractivity contribution is 7.48. The number of anilines is 3. The van der Waals surface area contributed by atoms with Crippen LogP contribution in [0.2, 0.25) is 10.0 Å². The van der Waals surface area contributed by atoms with Gasteiger partial charge in [-0.1, -0.05) is 23.2 Å². The molecule has 1 aliphatic carbocycles. The number of aromatic amines is 1. The molecule has 0 saturated heterocycles. The van der Waals surface area contributed by atoms with Crippen LogP contribution in [0.15, 0.2) is 53.3 Å². The van der Waals surface area contributed by atoms with Crippen molar-refractivity contribution in [1.29, 1.82) is 0 Å². The van der Waals surface area contributed by atoms with Crippen molar-refractivity contribution in [3.05, 3.63) is 68.9 Å². The van der Waals surface area contributed by atoms with E-state index in [0.717, 1.165) is 0 Å². The van der Waals surface area contributed by atoms with Crippen LogP contribution in [-0.2, 0) is 18.2 Å². The molecule has 1 saturated carbocycles. The Kier molecular flexibility index (Phi) is 8.56. The van der Waals surface area contributed by atoms with Crippen LogP contribution in [0, 0.1) is 11.8 Å². The first-order valence-electron chi connectivity index (χ1n) is 12.1. The molecule has 41 heavy (non-hydrogen) atoms. The summed E-state index contributed by atoms with van der Waals surface area (Å²) in [7, 11) is -9.10. The third-order valence-corrected chi connectivity index (χ3v) is 8.95. The van der Waals surface area contributed by atoms with Gasteiger partial charge >= 0.3 is 15.6 Å². The minimum atomic E-state index is -4.58. The Bertz CT molecular complexity index is 1560. The Balaban J connectivity index is 1.29. The summed E-state index contributed by atoms with van der Waals surface area (Å²) in [6.45, 7) is -0.323. The first-order valence-corrected chi connectivity index (χ1v) is 15.9. The SMILES string of the molecule is Nc1nc2c(c(=O)[nH]1)NCN2C1CC(COP(=O)(O)Oc2ccc(Cl)cc2)C1COP(=O)(O)Oc1ccc(Cl)cc1. The number of halogens is 2. The molecule has 1 aromatic heterocycles. The zero-order valence-corrected chi connectivity index (χ0v) is 24.4. The number of aromatic nitrogens is 2. The first kappa shape index (κ1) is 29.7. The zero-order chi connectivity index (χ0) is 29.4. The third kappa shape index (κ3) is 7.17. The molecule has 1 fully saturated rings. The molecule has 5 atom stereocenters. The summed E-state index contributed by atoms with van der Waals surface area (Å²) >= 11 is 11.7. The van der Waals surface area contributed by atoms with Gasteiger partial charge in [0.15, 0.2) is 5.82 Å². The standard InChI is InChI=1S/C23H25Cl2N5O9P2/c24-14-1-5-16(6-2-14)38-40(32,33)36-10-13-9-19(30-12-27-20-21(30)28-23(26)29-22(20)31)18(13)11-37-41(34,35)39-17-7-3-15(25)4-8-17/h1-8,13,18-19,27H,9-12H2,(H,32,33)(H,34,35)(H3,26,28,29,31). The fourth-order valence-corrected chi connectivity index (χ4v) is 6.49. The highest BCUT2D eigenvalue weighted by Crippen LogP contribution is 2.51. The predicted octanol–water partition coefficient (Wildman–Crippen LogP) is 4.25. The largest absolute Gasteiger partial charge is 0.527 e. The molecule has 0 amide bonds. The van der Waals surface area contributed by atoms with Crippen LogP contribution in [0.5, 0.6) is 11.5 Å². The van der Waals surface area contributed by atoms with Gasteiger partial charge in [0.2, 0.25) is 5.95 Å². The Morgan fingerprint density at radius 2 is 1.49 bits per heavy atom. The molecule has 6 N–H and O–H groups in total. The third-order valence-electron chi connectivity index (χ3n) is 6.61. The number of phosphoric ester groups is 2. The summed E-state index contributed by atoms with van der Waals surface area (Å²) in [5, 5.41) is 3.81. The normalized spacial score (nSPS) is 22.5. The lowest BCUT2D eigenvalue weighted by atomic mass is 9.69. The number of hydrogen-bond acceptors (Lipinski definition) is 11. The summed E-state index contributed by atoms with van der Waals surface area (Å²) in [4.78, 5) is 41.3. The van der Waals surface area contributed by atoms with E-state index in [1.54, 1.807) is 4.90 Å². The molecule has 1 aliphatic heterocycles. The first-order chi connectivity index (χ1) is 19.4. The van der Waals surface area contributed by atoms with Gasteiger partial charge in [-0.25, -0.2) is 9.13 Å². The summed E-state index contributed by atoms with van der Waals surface area (Å²) in [5.41, 5.74) is 5.53. The minimum Gasteiger partial charge on any atom is -0.404 e. The van der Waals surface area contributed by atoms with Crippen LogP contribution in [0.4, 0.5) is 17.5 Å². The van der Waals surface area contributed by atoms with E-state index < -0.39 is 33.0 Å². The molecule has 0 spiro atoms. The van der Waals surface area contributed by atoms with Crippen LogP contribution >= 0.6 is 38.8 Å². The average molecular weight is 648 g/mol. The van der Waals surface area contributed by atoms with Crippen molar-refractivity contribution < 1.29 is 37.0 Å². The van der Waals surface area contributed by atoms with Crippen LogP contribution in [-0.4, -0.2) is 45.7 Å². The number of nitrogens with one attached hydrogen (secondary N) is 2. The van der Waals surface area contributed by atoms with Gasteiger partial charge in [0.05, 0.1) is 19.9 Å². The van der Waals surface area contributed by atoms with Crippen molar-refractivity contribution in [2.24, 2.45) is 11.8 Å². The van der Waals surface area contributed by atoms with Gasteiger partial charge in [0, 0.05) is 22.0 Å². The maximum absolute atomic E-state index is 12.7. The van der Waals surface area contributed by atoms with Crippen LogP contribution in [0.3, 0.4) is 0 Å². The maximum Gasteiger partial charge on any atom is 0.527 e. The molecule has 0 bridgehead atoms. The number of benzene rings is 2. The smallest absolute Gasteiger partial charge is 0.404 e. The zero-order valence-electron chi connectivity index (χ0n) is 21.1. The molecule has 2 heterocycles. The van der Waals surface area contributed by atoms with Crippen LogP contribution < -0.4 is 30.6 Å². The van der Waals surface area contributed by atoms with E-state index in [4.69, 9.17) is 47.0 Å². The number of nitrogens with zero attached hydrogens (tertiary/aromatic N) is 2. The maximum atomic E-state index is 12.7. The summed E-state index contributed by atoms with van der Waals surface area (Å²) in [5.74, 6) is -0.540. The lowest BCUT2D eigenvalue weighted by Gasteiger charge is -2.48. The van der Waals surface area contributed by atoms with Crippen LogP contribution in [0.1, 0.15) is 6.42 Å². The van der Waals surface area contributed by atoms with Gasteiger partial charge in [-0.3, -0.25) is 28.6 Å². The molecule has 14 nitrogen and oxygen atoms in total. The molecule has 5 unspecified atom stereocenters. The number of fused-ring (bicyclic) bond motifs is 1. The van der Waals surface area contributed by atoms with Gasteiger partial charge in [-0.15, -0.1) is 0 Å². The van der Waals surface area contributed by atoms with E-state index in [2.05, 4.69) is 15.3 Å². The molecule has 2 aromatic carbocycles. The number of hydrogen-bond donors (Lipinski definition) is 5. The second kappa shape index (κ2) is 11.8. The van der Waals surface area contributed by atoms with E-state index in [1.807, 2.05) is 0 Å². The van der Waals surface area contributed by atoms with Crippen molar-refractivity contribution in [2.45, 2.75) is 12.5 Å². The van der Waals surface area contributed by atoms with Crippen molar-refractivity contribution in [3.63, 3.8) is 0 Å². The number of rotatable bonds is 11.